The fourth-order valence-corrected chi connectivity index (χ4v) is 5.08. The van der Waals surface area contributed by atoms with Crippen molar-refractivity contribution in [2.45, 2.75) is 35.6 Å². The third kappa shape index (κ3) is 4.88. The number of halogens is 3. The molecular formula is C18H23F3N2O6S. The Morgan fingerprint density at radius 1 is 1.20 bits per heavy atom. The predicted molar refractivity (Wildman–Crippen MR) is 98.1 cm³/mol. The second kappa shape index (κ2) is 8.69. The minimum atomic E-state index is -4.86. The number of amides is 1. The molecule has 2 aliphatic heterocycles. The number of aliphatic hydroxyl groups is 1. The lowest BCUT2D eigenvalue weighted by Gasteiger charge is -2.46. The minimum Gasteiger partial charge on any atom is -0.434 e. The van der Waals surface area contributed by atoms with Gasteiger partial charge in [0.1, 0.15) is 0 Å². The molecule has 8 nitrogen and oxygen atoms in total. The summed E-state index contributed by atoms with van der Waals surface area (Å²) in [5.41, 5.74) is -0.822. The maximum Gasteiger partial charge on any atom is 0.427 e. The van der Waals surface area contributed by atoms with E-state index in [1.807, 2.05) is 0 Å². The monoisotopic (exact) mass is 452 g/mol. The van der Waals surface area contributed by atoms with Gasteiger partial charge in [-0.1, -0.05) is 18.2 Å². The van der Waals surface area contributed by atoms with Gasteiger partial charge >= 0.3 is 12.3 Å². The predicted octanol–water partition coefficient (Wildman–Crippen LogP) is 1.60. The van der Waals surface area contributed by atoms with Crippen LogP contribution in [-0.2, 0) is 19.5 Å². The molecule has 0 aliphatic carbocycles. The molecule has 2 saturated heterocycles. The molecule has 2 fully saturated rings. The molecule has 0 saturated carbocycles. The van der Waals surface area contributed by atoms with Gasteiger partial charge in [-0.15, -0.1) is 0 Å². The minimum absolute atomic E-state index is 0.0497. The van der Waals surface area contributed by atoms with Crippen LogP contribution in [0.1, 0.15) is 12.8 Å². The lowest BCUT2D eigenvalue weighted by atomic mass is 9.90. The standard InChI is InChI=1S/C18H23F3N2O6S/c19-18(20,21)15(12-24)29-16(25)22-8-6-17(7-9-22)13-23(10-11-28-17)30(26,27)14-4-2-1-3-5-14/h1-5,15,24H,6-13H2. The van der Waals surface area contributed by atoms with Gasteiger partial charge in [0.2, 0.25) is 16.1 Å². The second-order valence-electron chi connectivity index (χ2n) is 7.27. The molecule has 1 aromatic carbocycles. The van der Waals surface area contributed by atoms with E-state index < -0.39 is 40.6 Å². The molecule has 2 aliphatic rings. The van der Waals surface area contributed by atoms with Crippen LogP contribution in [0.5, 0.6) is 0 Å². The number of piperidine rings is 1. The molecule has 1 atom stereocenters. The number of hydrogen-bond acceptors (Lipinski definition) is 6. The number of likely N-dealkylation sites (tertiary alicyclic amines) is 1. The zero-order valence-electron chi connectivity index (χ0n) is 16.0. The smallest absolute Gasteiger partial charge is 0.427 e. The molecule has 3 rings (SSSR count). The van der Waals surface area contributed by atoms with Crippen LogP contribution in [0.4, 0.5) is 18.0 Å². The van der Waals surface area contributed by atoms with Crippen LogP contribution in [0, 0.1) is 0 Å². The topological polar surface area (TPSA) is 96.4 Å². The van der Waals surface area contributed by atoms with E-state index in [2.05, 4.69) is 4.74 Å². The highest BCUT2D eigenvalue weighted by molar-refractivity contribution is 7.89. The summed E-state index contributed by atoms with van der Waals surface area (Å²) < 4.78 is 75.4. The van der Waals surface area contributed by atoms with Gasteiger partial charge in [-0.05, 0) is 25.0 Å². The van der Waals surface area contributed by atoms with Gasteiger partial charge in [-0.2, -0.15) is 17.5 Å². The highest BCUT2D eigenvalue weighted by Crippen LogP contribution is 2.33. The van der Waals surface area contributed by atoms with Gasteiger partial charge in [0.25, 0.3) is 0 Å². The highest BCUT2D eigenvalue weighted by atomic mass is 32.2. The number of alkyl halides is 3. The highest BCUT2D eigenvalue weighted by Gasteiger charge is 2.46. The summed E-state index contributed by atoms with van der Waals surface area (Å²) in [6.07, 6.45) is -8.12. The summed E-state index contributed by atoms with van der Waals surface area (Å²) in [5, 5.41) is 8.81. The Balaban J connectivity index is 1.63. The fourth-order valence-electron chi connectivity index (χ4n) is 3.56. The first-order chi connectivity index (χ1) is 14.1. The number of carbonyl (C=O) groups excluding carboxylic acids is 1. The first kappa shape index (κ1) is 22.8. The summed E-state index contributed by atoms with van der Waals surface area (Å²) in [6, 6.07) is 8.00. The van der Waals surface area contributed by atoms with Crippen molar-refractivity contribution in [3.63, 3.8) is 0 Å². The van der Waals surface area contributed by atoms with E-state index in [0.29, 0.717) is 0 Å². The summed E-state index contributed by atoms with van der Waals surface area (Å²) in [7, 11) is -3.71. The molecule has 0 bridgehead atoms. The van der Waals surface area contributed by atoms with Crippen molar-refractivity contribution in [3.05, 3.63) is 30.3 Å². The van der Waals surface area contributed by atoms with Crippen LogP contribution >= 0.6 is 0 Å². The lowest BCUT2D eigenvalue weighted by molar-refractivity contribution is -0.215. The number of aliphatic hydroxyl groups excluding tert-OH is 1. The number of ether oxygens (including phenoxy) is 2. The van der Waals surface area contributed by atoms with Crippen LogP contribution in [0.15, 0.2) is 35.2 Å². The largest absolute Gasteiger partial charge is 0.434 e. The molecule has 0 radical (unpaired) electrons. The number of morpholine rings is 1. The van der Waals surface area contributed by atoms with Crippen LogP contribution in [0.25, 0.3) is 0 Å². The molecule has 30 heavy (non-hydrogen) atoms. The van der Waals surface area contributed by atoms with Crippen LogP contribution < -0.4 is 0 Å². The SMILES string of the molecule is O=C(OC(CO)C(F)(F)F)N1CCC2(CC1)CN(S(=O)(=O)c1ccccc1)CCO2. The maximum absolute atomic E-state index is 12.9. The van der Waals surface area contributed by atoms with E-state index in [9.17, 15) is 26.4 Å². The van der Waals surface area contributed by atoms with E-state index in [1.165, 1.54) is 16.4 Å². The van der Waals surface area contributed by atoms with Crippen molar-refractivity contribution in [2.75, 3.05) is 39.4 Å². The molecule has 1 aromatic rings. The van der Waals surface area contributed by atoms with Gasteiger partial charge in [0.15, 0.2) is 0 Å². The molecule has 1 unspecified atom stereocenters. The van der Waals surface area contributed by atoms with E-state index >= 15 is 0 Å². The lowest BCUT2D eigenvalue weighted by Crippen LogP contribution is -2.58. The van der Waals surface area contributed by atoms with E-state index in [0.717, 1.165) is 4.90 Å². The molecule has 1 N–H and O–H groups in total. The second-order valence-corrected chi connectivity index (χ2v) is 9.20. The zero-order valence-corrected chi connectivity index (χ0v) is 16.9. The Morgan fingerprint density at radius 2 is 1.83 bits per heavy atom. The Kier molecular flexibility index (Phi) is 6.60. The summed E-state index contributed by atoms with van der Waals surface area (Å²) in [4.78, 5) is 13.3. The average Bonchev–Trinajstić information content (AvgIpc) is 2.72. The van der Waals surface area contributed by atoms with Crippen molar-refractivity contribution in [2.24, 2.45) is 0 Å². The molecule has 1 amide bonds. The van der Waals surface area contributed by atoms with E-state index in [4.69, 9.17) is 9.84 Å². The maximum atomic E-state index is 12.9. The summed E-state index contributed by atoms with van der Waals surface area (Å²) in [5.74, 6) is 0. The molecular weight excluding hydrogens is 429 g/mol. The van der Waals surface area contributed by atoms with Crippen LogP contribution in [0.2, 0.25) is 0 Å². The van der Waals surface area contributed by atoms with E-state index in [1.54, 1.807) is 18.2 Å². The Morgan fingerprint density at radius 3 is 2.40 bits per heavy atom. The van der Waals surface area contributed by atoms with Crippen molar-refractivity contribution >= 4 is 16.1 Å². The van der Waals surface area contributed by atoms with Crippen molar-refractivity contribution in [3.8, 4) is 0 Å². The third-order valence-corrected chi connectivity index (χ3v) is 7.16. The summed E-state index contributed by atoms with van der Waals surface area (Å²) in [6.45, 7) is -0.800. The Bertz CT molecular complexity index is 841. The number of hydrogen-bond donors (Lipinski definition) is 1. The quantitative estimate of drug-likeness (QED) is 0.746. The first-order valence-corrected chi connectivity index (χ1v) is 10.8. The molecule has 168 valence electrons. The Hall–Kier alpha value is -1.89. The fraction of sp³-hybridized carbons (Fsp3) is 0.611. The van der Waals surface area contributed by atoms with Gasteiger partial charge in [0.05, 0.1) is 23.7 Å². The van der Waals surface area contributed by atoms with Gasteiger partial charge in [0, 0.05) is 26.2 Å². The average molecular weight is 452 g/mol. The van der Waals surface area contributed by atoms with Gasteiger partial charge in [-0.25, -0.2) is 13.2 Å². The Labute approximate surface area is 172 Å². The van der Waals surface area contributed by atoms with E-state index in [-0.39, 0.29) is 50.5 Å². The van der Waals surface area contributed by atoms with Crippen LogP contribution in [0.3, 0.4) is 0 Å². The van der Waals surface area contributed by atoms with Gasteiger partial charge < -0.3 is 19.5 Å². The number of carbonyl (C=O) groups is 1. The number of sulfonamides is 1. The van der Waals surface area contributed by atoms with Crippen molar-refractivity contribution in [1.82, 2.24) is 9.21 Å². The van der Waals surface area contributed by atoms with Crippen LogP contribution in [-0.4, -0.2) is 86.1 Å². The molecule has 0 aromatic heterocycles. The van der Waals surface area contributed by atoms with Gasteiger partial charge in [-0.3, -0.25) is 0 Å². The zero-order chi connectivity index (χ0) is 22.0. The number of nitrogens with zero attached hydrogens (tertiary/aromatic N) is 2. The summed E-state index contributed by atoms with van der Waals surface area (Å²) >= 11 is 0. The number of benzene rings is 1. The molecule has 1 spiro atoms. The van der Waals surface area contributed by atoms with Crippen molar-refractivity contribution in [1.29, 1.82) is 0 Å². The molecule has 2 heterocycles. The molecule has 12 heteroatoms. The normalized spacial score (nSPS) is 21.4. The van der Waals surface area contributed by atoms with Crippen molar-refractivity contribution < 1.29 is 41.0 Å². The first-order valence-electron chi connectivity index (χ1n) is 9.40. The number of rotatable bonds is 4. The third-order valence-electron chi connectivity index (χ3n) is 5.30.